The lowest BCUT2D eigenvalue weighted by Gasteiger charge is -2.42. The number of hydrogen-bond donors (Lipinski definition) is 2. The van der Waals surface area contributed by atoms with Gasteiger partial charge in [0.2, 0.25) is 17.7 Å². The number of carboxylic acids is 1. The van der Waals surface area contributed by atoms with Gasteiger partial charge in [0.1, 0.15) is 63.5 Å². The van der Waals surface area contributed by atoms with Gasteiger partial charge in [0, 0.05) is 34.9 Å². The van der Waals surface area contributed by atoms with Gasteiger partial charge < -0.3 is 40.8 Å². The highest BCUT2D eigenvalue weighted by Crippen LogP contribution is 2.42. The second-order valence-electron chi connectivity index (χ2n) is 16.9. The van der Waals surface area contributed by atoms with Crippen molar-refractivity contribution in [1.82, 2.24) is 15.0 Å². The maximum atomic E-state index is 16.7. The van der Waals surface area contributed by atoms with E-state index in [0.29, 0.717) is 34.9 Å². The van der Waals surface area contributed by atoms with Crippen LogP contribution in [-0.4, -0.2) is 86.8 Å². The molecule has 1 saturated heterocycles. The maximum Gasteiger partial charge on any atom is 0.449 e. The number of benzene rings is 6. The molecule has 1 fully saturated rings. The smallest absolute Gasteiger partial charge is 0.449 e. The van der Waals surface area contributed by atoms with Gasteiger partial charge in [-0.15, -0.1) is 0 Å². The molecule has 3 aromatic heterocycles. The topological polar surface area (TPSA) is 303 Å². The molecule has 5 atom stereocenters. The zero-order valence-corrected chi connectivity index (χ0v) is 42.4. The number of rotatable bonds is 19. The summed E-state index contributed by atoms with van der Waals surface area (Å²) in [6.45, 7) is 9.59. The van der Waals surface area contributed by atoms with Crippen LogP contribution < -0.4 is 12.5 Å². The van der Waals surface area contributed by atoms with Crippen LogP contribution >= 0.6 is 0 Å². The third kappa shape index (κ3) is 11.4. The molecular formula is C51H33F4N3O19S3. The summed E-state index contributed by atoms with van der Waals surface area (Å²) in [5.41, 5.74) is -2.21. The van der Waals surface area contributed by atoms with Crippen LogP contribution in [0.15, 0.2) is 160 Å². The Labute approximate surface area is 447 Å². The average Bonchev–Trinajstić information content (AvgIpc) is 4.22. The fourth-order valence-electron chi connectivity index (χ4n) is 8.07. The van der Waals surface area contributed by atoms with E-state index >= 15 is 8.78 Å². The van der Waals surface area contributed by atoms with E-state index in [1.165, 1.54) is 0 Å². The monoisotopic (exact) mass is 1160 g/mol. The molecular weight excluding hydrogens is 1130 g/mol. The summed E-state index contributed by atoms with van der Waals surface area (Å²) < 4.78 is 197. The number of carboxylic acid groups (broad SMARTS) is 1. The van der Waals surface area contributed by atoms with E-state index in [4.69, 9.17) is 38.3 Å². The van der Waals surface area contributed by atoms with E-state index in [9.17, 15) is 49.0 Å². The Bertz CT molecular complexity index is 4310. The van der Waals surface area contributed by atoms with Gasteiger partial charge in [-0.1, -0.05) is 74.3 Å². The van der Waals surface area contributed by atoms with Gasteiger partial charge in [-0.25, -0.2) is 45.5 Å². The molecule has 0 aliphatic carbocycles. The van der Waals surface area contributed by atoms with Gasteiger partial charge >= 0.3 is 43.2 Å². The van der Waals surface area contributed by atoms with Crippen LogP contribution in [0.3, 0.4) is 0 Å². The molecule has 1 aliphatic heterocycles. The molecule has 0 saturated carbocycles. The van der Waals surface area contributed by atoms with Crippen molar-refractivity contribution in [3.8, 4) is 51.6 Å². The number of oxazole rings is 3. The molecule has 4 heterocycles. The number of ether oxygens (including phenoxy) is 1. The van der Waals surface area contributed by atoms with Crippen LogP contribution in [0.25, 0.3) is 85.1 Å². The highest BCUT2D eigenvalue weighted by molar-refractivity contribution is 7.82. The van der Waals surface area contributed by atoms with E-state index in [-0.39, 0.29) is 51.0 Å². The minimum absolute atomic E-state index is 0.0944. The Balaban J connectivity index is 1.03. The molecule has 0 spiro atoms. The summed E-state index contributed by atoms with van der Waals surface area (Å²) in [7, 11) is -18.2. The summed E-state index contributed by atoms with van der Waals surface area (Å²) >= 11 is 0. The van der Waals surface area contributed by atoms with E-state index in [2.05, 4.69) is 39.4 Å². The molecule has 1 unspecified atom stereocenters. The third-order valence-electron chi connectivity index (χ3n) is 11.4. The lowest BCUT2D eigenvalue weighted by atomic mass is 9.98. The second-order valence-corrected chi connectivity index (χ2v) is 20.5. The summed E-state index contributed by atoms with van der Waals surface area (Å²) in [4.78, 5) is 25.5. The minimum atomic E-state index is -6.11. The largest absolute Gasteiger partial charge is 0.479 e. The number of alkyl halides is 1. The van der Waals surface area contributed by atoms with Crippen LogP contribution in [0.2, 0.25) is 0 Å². The van der Waals surface area contributed by atoms with Crippen molar-refractivity contribution >= 4 is 87.9 Å². The predicted octanol–water partition coefficient (Wildman–Crippen LogP) is 9.46. The number of nitrogens with zero attached hydrogens (tertiary/aromatic N) is 3. The second kappa shape index (κ2) is 20.8. The quantitative estimate of drug-likeness (QED) is 0.0712. The van der Waals surface area contributed by atoms with Gasteiger partial charge in [0.25, 0.3) is 0 Å². The molecule has 9 aromatic rings. The molecule has 10 rings (SSSR count). The van der Waals surface area contributed by atoms with Crippen molar-refractivity contribution in [2.75, 3.05) is 0 Å². The standard InChI is InChI=1S/C51H33F4N3O19S3/c1-25(52)34-19-31(22-37-40(34)68-47(56-37)28-13-7-4-8-14-28)72-78(62,63)75-43-44(76-79(64,65)73-32-20-35(26(2)53)41-38(23-32)57-48(69-41)29-15-9-5-10-16-29)46(51(55,61)71-45(43)50(59)60)77-80(66,67)74-33-21-36(27(3)54)42-39(24-33)58-49(70-42)30-17-11-6-12-18-30/h4-24,43-46,61H,1-3H2,(H,59,60)/t43-,44-,45-,46+,51?/m0/s1. The number of aliphatic carboxylic acids is 1. The first-order valence-corrected chi connectivity index (χ1v) is 26.6. The SMILES string of the molecule is C=C(F)c1cc(OS(=O)(=O)O[C@H]2[C@H](OS(=O)(=O)Oc3cc(C(=C)F)c4oc(-c5ccccc5)nc4c3)[C@@H](OS(=O)(=O)Oc3cc(C(=C)F)c4oc(-c5ccccc5)nc4c3)C(O)(F)O[C@@H]2C(=O)O)cc2nc(-c3ccccc3)oc12. The van der Waals surface area contributed by atoms with Crippen molar-refractivity contribution in [2.45, 2.75) is 30.5 Å². The molecule has 6 aromatic carbocycles. The molecule has 0 bridgehead atoms. The Morgan fingerprint density at radius 1 is 0.512 bits per heavy atom. The lowest BCUT2D eigenvalue weighted by Crippen LogP contribution is -2.67. The summed E-state index contributed by atoms with van der Waals surface area (Å²) in [6, 6.07) is 23.8. The summed E-state index contributed by atoms with van der Waals surface area (Å²) in [6.07, 6.45) is -13.6. The third-order valence-corrected chi connectivity index (χ3v) is 14.0. The van der Waals surface area contributed by atoms with Gasteiger partial charge in [-0.2, -0.15) is 29.6 Å². The first-order valence-electron chi connectivity index (χ1n) is 22.6. The number of halogens is 4. The normalized spacial score (nSPS) is 18.8. The van der Waals surface area contributed by atoms with Gasteiger partial charge in [-0.3, -0.25) is 0 Å². The van der Waals surface area contributed by atoms with Crippen LogP contribution in [0.5, 0.6) is 17.2 Å². The number of aliphatic hydroxyl groups is 1. The van der Waals surface area contributed by atoms with Crippen LogP contribution in [0.4, 0.5) is 17.6 Å². The molecule has 0 radical (unpaired) electrons. The van der Waals surface area contributed by atoms with Crippen molar-refractivity contribution in [1.29, 1.82) is 0 Å². The molecule has 80 heavy (non-hydrogen) atoms. The fraction of sp³-hybridized carbons (Fsp3) is 0.0980. The average molecular weight is 1160 g/mol. The van der Waals surface area contributed by atoms with E-state index in [1.54, 1.807) is 91.0 Å². The lowest BCUT2D eigenvalue weighted by molar-refractivity contribution is -0.386. The Morgan fingerprint density at radius 2 is 0.825 bits per heavy atom. The zero-order chi connectivity index (χ0) is 57.1. The van der Waals surface area contributed by atoms with Crippen molar-refractivity contribution in [3.05, 3.63) is 164 Å². The molecule has 412 valence electrons. The number of hydrogen-bond acceptors (Lipinski definition) is 21. The van der Waals surface area contributed by atoms with Gasteiger partial charge in [-0.05, 0) is 54.6 Å². The summed E-state index contributed by atoms with van der Waals surface area (Å²) in [5, 5.41) is 21.4. The number of carbonyl (C=O) groups is 1. The fourth-order valence-corrected chi connectivity index (χ4v) is 10.6. The first-order chi connectivity index (χ1) is 37.8. The number of aromatic nitrogens is 3. The zero-order valence-electron chi connectivity index (χ0n) is 40.0. The molecule has 2 N–H and O–H groups in total. The Hall–Kier alpha value is -8.81. The van der Waals surface area contributed by atoms with Crippen molar-refractivity contribution < 1.29 is 101 Å². The molecule has 0 amide bonds. The van der Waals surface area contributed by atoms with E-state index in [0.717, 1.165) is 18.2 Å². The highest BCUT2D eigenvalue weighted by atomic mass is 32.3. The van der Waals surface area contributed by atoms with E-state index < -0.39 is 119 Å². The van der Waals surface area contributed by atoms with Crippen molar-refractivity contribution in [2.24, 2.45) is 0 Å². The molecule has 22 nitrogen and oxygen atoms in total. The Morgan fingerprint density at radius 3 is 1.14 bits per heavy atom. The van der Waals surface area contributed by atoms with E-state index in [1.807, 2.05) is 0 Å². The van der Waals surface area contributed by atoms with Gasteiger partial charge in [0.05, 0.1) is 16.7 Å². The van der Waals surface area contributed by atoms with Crippen LogP contribution in [0.1, 0.15) is 16.7 Å². The maximum absolute atomic E-state index is 16.7. The van der Waals surface area contributed by atoms with Crippen LogP contribution in [-0.2, 0) is 53.3 Å². The molecule has 29 heteroatoms. The number of fused-ring (bicyclic) bond motifs is 3. The first kappa shape index (κ1) is 54.5. The Kier molecular flexibility index (Phi) is 14.2. The minimum Gasteiger partial charge on any atom is -0.479 e. The molecule has 1 aliphatic rings. The van der Waals surface area contributed by atoms with Gasteiger partial charge in [0.15, 0.2) is 29.0 Å². The van der Waals surface area contributed by atoms with Crippen LogP contribution in [0, 0.1) is 0 Å². The predicted molar refractivity (Wildman–Crippen MR) is 271 cm³/mol. The highest BCUT2D eigenvalue weighted by Gasteiger charge is 2.64. The van der Waals surface area contributed by atoms with Crippen molar-refractivity contribution in [3.63, 3.8) is 0 Å². The summed E-state index contributed by atoms with van der Waals surface area (Å²) in [5.74, 6) is -9.15.